The van der Waals surface area contributed by atoms with Crippen LogP contribution in [-0.4, -0.2) is 10.1 Å². The van der Waals surface area contributed by atoms with E-state index in [-0.39, 0.29) is 0 Å². The number of nitrogen functional groups attached to an aromatic ring is 1. The minimum absolute atomic E-state index is 0.424. The fraction of sp³-hybridized carbons (Fsp3) is 0.0667. The number of anilines is 1. The summed E-state index contributed by atoms with van der Waals surface area (Å²) in [6.07, 6.45) is 0. The van der Waals surface area contributed by atoms with Crippen LogP contribution in [0.25, 0.3) is 22.8 Å². The number of nitrogens with zero attached hydrogens (tertiary/aromatic N) is 2. The number of hydrogen-bond acceptors (Lipinski definition) is 4. The van der Waals surface area contributed by atoms with Crippen molar-refractivity contribution in [2.75, 3.05) is 5.73 Å². The van der Waals surface area contributed by atoms with Crippen molar-refractivity contribution in [3.05, 3.63) is 52.5 Å². The van der Waals surface area contributed by atoms with Gasteiger partial charge in [0.15, 0.2) is 0 Å². The fourth-order valence-corrected chi connectivity index (χ4v) is 2.37. The summed E-state index contributed by atoms with van der Waals surface area (Å²) in [6.45, 7) is 2.01. The number of hydrogen-bond donors (Lipinski definition) is 1. The van der Waals surface area contributed by atoms with E-state index in [2.05, 4.69) is 26.1 Å². The average molecular weight is 330 g/mol. The Hall–Kier alpha value is -2.14. The molecule has 3 rings (SSSR count). The Morgan fingerprint density at radius 2 is 1.90 bits per heavy atom. The minimum atomic E-state index is 0.424. The summed E-state index contributed by atoms with van der Waals surface area (Å²) in [6, 6.07) is 13.5. The number of benzene rings is 2. The third kappa shape index (κ3) is 2.32. The highest BCUT2D eigenvalue weighted by Gasteiger charge is 2.14. The first-order chi connectivity index (χ1) is 9.65. The molecule has 0 aliphatic carbocycles. The quantitative estimate of drug-likeness (QED) is 0.720. The topological polar surface area (TPSA) is 64.9 Å². The molecule has 100 valence electrons. The van der Waals surface area contributed by atoms with E-state index in [1.807, 2.05) is 49.4 Å². The van der Waals surface area contributed by atoms with Gasteiger partial charge >= 0.3 is 0 Å². The van der Waals surface area contributed by atoms with E-state index >= 15 is 0 Å². The van der Waals surface area contributed by atoms with Crippen molar-refractivity contribution in [1.29, 1.82) is 0 Å². The fourth-order valence-electron chi connectivity index (χ4n) is 1.99. The molecule has 0 unspecified atom stereocenters. The van der Waals surface area contributed by atoms with Crippen molar-refractivity contribution < 1.29 is 4.52 Å². The van der Waals surface area contributed by atoms with Crippen molar-refractivity contribution >= 4 is 21.6 Å². The van der Waals surface area contributed by atoms with Crippen molar-refractivity contribution in [3.63, 3.8) is 0 Å². The van der Waals surface area contributed by atoms with Crippen LogP contribution in [0.1, 0.15) is 5.56 Å². The minimum Gasteiger partial charge on any atom is -0.398 e. The Balaban J connectivity index is 2.04. The molecular weight excluding hydrogens is 318 g/mol. The smallest absolute Gasteiger partial charge is 0.260 e. The number of nitrogens with two attached hydrogens (primary N) is 1. The highest BCUT2D eigenvalue weighted by molar-refractivity contribution is 9.10. The predicted octanol–water partition coefficient (Wildman–Crippen LogP) is 4.06. The summed E-state index contributed by atoms with van der Waals surface area (Å²) < 4.78 is 6.24. The van der Waals surface area contributed by atoms with Gasteiger partial charge in [-0.1, -0.05) is 45.4 Å². The molecule has 0 bridgehead atoms. The first-order valence-electron chi connectivity index (χ1n) is 6.10. The standard InChI is InChI=1S/C15H12BrN3O/c1-9-4-2-3-5-11(9)14-18-15(20-19-14)12-7-6-10(16)8-13(12)17/h2-8H,17H2,1H3. The number of aryl methyl sites for hydroxylation is 1. The molecule has 1 heterocycles. The molecule has 5 heteroatoms. The summed E-state index contributed by atoms with van der Waals surface area (Å²) in [5.41, 5.74) is 9.36. The van der Waals surface area contributed by atoms with Gasteiger partial charge in [-0.2, -0.15) is 4.98 Å². The zero-order chi connectivity index (χ0) is 14.1. The molecular formula is C15H12BrN3O. The van der Waals surface area contributed by atoms with Gasteiger partial charge in [0.2, 0.25) is 5.82 Å². The summed E-state index contributed by atoms with van der Waals surface area (Å²) in [5.74, 6) is 0.994. The Morgan fingerprint density at radius 1 is 1.10 bits per heavy atom. The third-order valence-corrected chi connectivity index (χ3v) is 3.55. The molecule has 4 nitrogen and oxygen atoms in total. The lowest BCUT2D eigenvalue weighted by molar-refractivity contribution is 0.432. The maximum absolute atomic E-state index is 5.97. The summed E-state index contributed by atoms with van der Waals surface area (Å²) in [7, 11) is 0. The molecule has 0 fully saturated rings. The molecule has 1 aromatic heterocycles. The van der Waals surface area contributed by atoms with Gasteiger partial charge in [0.05, 0.1) is 5.56 Å². The van der Waals surface area contributed by atoms with Gasteiger partial charge in [-0.15, -0.1) is 0 Å². The third-order valence-electron chi connectivity index (χ3n) is 3.06. The van der Waals surface area contributed by atoms with Gasteiger partial charge in [-0.3, -0.25) is 0 Å². The molecule has 0 radical (unpaired) electrons. The lowest BCUT2D eigenvalue weighted by atomic mass is 10.1. The van der Waals surface area contributed by atoms with Gasteiger partial charge in [0.25, 0.3) is 5.89 Å². The van der Waals surface area contributed by atoms with Crippen LogP contribution in [0.15, 0.2) is 51.5 Å². The van der Waals surface area contributed by atoms with Crippen molar-refractivity contribution in [1.82, 2.24) is 10.1 Å². The zero-order valence-electron chi connectivity index (χ0n) is 10.8. The van der Waals surface area contributed by atoms with Gasteiger partial charge < -0.3 is 10.3 Å². The molecule has 0 atom stereocenters. The predicted molar refractivity (Wildman–Crippen MR) is 82.0 cm³/mol. The Labute approximate surface area is 124 Å². The van der Waals surface area contributed by atoms with Gasteiger partial charge in [0, 0.05) is 15.7 Å². The zero-order valence-corrected chi connectivity index (χ0v) is 12.4. The molecule has 3 aromatic rings. The van der Waals surface area contributed by atoms with E-state index in [0.29, 0.717) is 17.4 Å². The van der Waals surface area contributed by atoms with Crippen molar-refractivity contribution in [3.8, 4) is 22.8 Å². The lowest BCUT2D eigenvalue weighted by Crippen LogP contribution is -1.90. The average Bonchev–Trinajstić information content (AvgIpc) is 2.88. The van der Waals surface area contributed by atoms with E-state index in [9.17, 15) is 0 Å². The normalized spacial score (nSPS) is 10.7. The second-order valence-corrected chi connectivity index (χ2v) is 5.39. The molecule has 0 spiro atoms. The van der Waals surface area contributed by atoms with Crippen LogP contribution in [0.4, 0.5) is 5.69 Å². The molecule has 0 aliphatic heterocycles. The van der Waals surface area contributed by atoms with Crippen molar-refractivity contribution in [2.24, 2.45) is 0 Å². The number of rotatable bonds is 2. The maximum atomic E-state index is 5.97. The first-order valence-corrected chi connectivity index (χ1v) is 6.89. The molecule has 2 aromatic carbocycles. The van der Waals surface area contributed by atoms with Crippen LogP contribution >= 0.6 is 15.9 Å². The van der Waals surface area contributed by atoms with Crippen LogP contribution in [0, 0.1) is 6.92 Å². The first kappa shape index (κ1) is 12.9. The Kier molecular flexibility index (Phi) is 3.28. The number of aromatic nitrogens is 2. The molecule has 20 heavy (non-hydrogen) atoms. The van der Waals surface area contributed by atoms with Gasteiger partial charge in [-0.25, -0.2) is 0 Å². The largest absolute Gasteiger partial charge is 0.398 e. The van der Waals surface area contributed by atoms with E-state index in [1.165, 1.54) is 0 Å². The second-order valence-electron chi connectivity index (χ2n) is 4.47. The lowest BCUT2D eigenvalue weighted by Gasteiger charge is -2.00. The van der Waals surface area contributed by atoms with E-state index in [4.69, 9.17) is 10.3 Å². The van der Waals surface area contributed by atoms with Crippen LogP contribution in [-0.2, 0) is 0 Å². The maximum Gasteiger partial charge on any atom is 0.260 e. The van der Waals surface area contributed by atoms with Crippen LogP contribution in [0.2, 0.25) is 0 Å². The second kappa shape index (κ2) is 5.09. The summed E-state index contributed by atoms with van der Waals surface area (Å²) >= 11 is 3.37. The van der Waals surface area contributed by atoms with Gasteiger partial charge in [-0.05, 0) is 30.7 Å². The van der Waals surface area contributed by atoms with E-state index < -0.39 is 0 Å². The van der Waals surface area contributed by atoms with Crippen LogP contribution < -0.4 is 5.73 Å². The monoisotopic (exact) mass is 329 g/mol. The molecule has 0 saturated carbocycles. The summed E-state index contributed by atoms with van der Waals surface area (Å²) in [4.78, 5) is 4.43. The molecule has 0 saturated heterocycles. The number of halogens is 1. The summed E-state index contributed by atoms with van der Waals surface area (Å²) in [5, 5.41) is 4.03. The molecule has 0 aliphatic rings. The Morgan fingerprint density at radius 3 is 2.65 bits per heavy atom. The van der Waals surface area contributed by atoms with E-state index in [0.717, 1.165) is 21.2 Å². The highest BCUT2D eigenvalue weighted by atomic mass is 79.9. The SMILES string of the molecule is Cc1ccccc1-c1noc(-c2ccc(Br)cc2N)n1. The molecule has 2 N–H and O–H groups in total. The Bertz CT molecular complexity index is 767. The van der Waals surface area contributed by atoms with Crippen LogP contribution in [0.5, 0.6) is 0 Å². The van der Waals surface area contributed by atoms with E-state index in [1.54, 1.807) is 0 Å². The highest BCUT2D eigenvalue weighted by Crippen LogP contribution is 2.29. The molecule has 0 amide bonds. The van der Waals surface area contributed by atoms with Crippen molar-refractivity contribution in [2.45, 2.75) is 6.92 Å². The van der Waals surface area contributed by atoms with Crippen LogP contribution in [0.3, 0.4) is 0 Å². The van der Waals surface area contributed by atoms with Gasteiger partial charge in [0.1, 0.15) is 0 Å².